The lowest BCUT2D eigenvalue weighted by Gasteiger charge is -2.13. The normalized spacial score (nSPS) is 10.5. The zero-order valence-corrected chi connectivity index (χ0v) is 14.8. The van der Waals surface area contributed by atoms with Crippen LogP contribution in [-0.2, 0) is 0 Å². The van der Waals surface area contributed by atoms with Crippen molar-refractivity contribution in [3.63, 3.8) is 0 Å². The van der Waals surface area contributed by atoms with Gasteiger partial charge in [-0.25, -0.2) is 10.5 Å². The SMILES string of the molecule is COc1ccc(OC)c(-c2cc(C(=O)NN)nn2-c2cccc(C)c2)c1. The van der Waals surface area contributed by atoms with Gasteiger partial charge in [-0.2, -0.15) is 5.10 Å². The average Bonchev–Trinajstić information content (AvgIpc) is 3.12. The smallest absolute Gasteiger partial charge is 0.285 e. The van der Waals surface area contributed by atoms with Gasteiger partial charge in [-0.05, 0) is 48.9 Å². The van der Waals surface area contributed by atoms with E-state index in [2.05, 4.69) is 10.5 Å². The lowest BCUT2D eigenvalue weighted by atomic mass is 10.1. The van der Waals surface area contributed by atoms with Crippen molar-refractivity contribution in [2.24, 2.45) is 5.84 Å². The second-order valence-corrected chi connectivity index (χ2v) is 5.71. The maximum atomic E-state index is 12.0. The molecule has 0 aliphatic carbocycles. The minimum atomic E-state index is -0.473. The Labute approximate surface area is 151 Å². The fraction of sp³-hybridized carbons (Fsp3) is 0.158. The van der Waals surface area contributed by atoms with E-state index in [-0.39, 0.29) is 5.69 Å². The number of carbonyl (C=O) groups is 1. The number of amides is 1. The fourth-order valence-corrected chi connectivity index (χ4v) is 2.73. The number of ether oxygens (including phenoxy) is 2. The standard InChI is InChI=1S/C19H20N4O3/c1-12-5-4-6-13(9-12)23-17(11-16(22-23)19(24)21-20)15-10-14(25-2)7-8-18(15)26-3/h4-11H,20H2,1-3H3,(H,21,24). The molecule has 0 spiro atoms. The molecule has 0 unspecified atom stereocenters. The molecular weight excluding hydrogens is 332 g/mol. The predicted octanol–water partition coefficient (Wildman–Crippen LogP) is 2.47. The number of nitrogens with one attached hydrogen (secondary N) is 1. The molecule has 0 saturated carbocycles. The van der Waals surface area contributed by atoms with E-state index in [9.17, 15) is 4.79 Å². The molecule has 0 aliphatic heterocycles. The van der Waals surface area contributed by atoms with Crippen LogP contribution in [-0.4, -0.2) is 29.9 Å². The van der Waals surface area contributed by atoms with Gasteiger partial charge in [-0.1, -0.05) is 12.1 Å². The summed E-state index contributed by atoms with van der Waals surface area (Å²) in [7, 11) is 3.18. The van der Waals surface area contributed by atoms with Gasteiger partial charge >= 0.3 is 0 Å². The third kappa shape index (κ3) is 3.25. The highest BCUT2D eigenvalue weighted by Gasteiger charge is 2.19. The summed E-state index contributed by atoms with van der Waals surface area (Å²) in [5, 5.41) is 4.43. The largest absolute Gasteiger partial charge is 0.497 e. The Balaban J connectivity index is 2.26. The molecule has 7 heteroatoms. The quantitative estimate of drug-likeness (QED) is 0.418. The van der Waals surface area contributed by atoms with E-state index < -0.39 is 5.91 Å². The lowest BCUT2D eigenvalue weighted by molar-refractivity contribution is 0.0948. The molecule has 0 saturated heterocycles. The van der Waals surface area contributed by atoms with Crippen molar-refractivity contribution in [3.05, 3.63) is 59.8 Å². The summed E-state index contributed by atoms with van der Waals surface area (Å²) in [5.74, 6) is 6.11. The zero-order chi connectivity index (χ0) is 18.7. The van der Waals surface area contributed by atoms with Crippen molar-refractivity contribution in [2.45, 2.75) is 6.92 Å². The van der Waals surface area contributed by atoms with Crippen LogP contribution in [0.2, 0.25) is 0 Å². The highest BCUT2D eigenvalue weighted by atomic mass is 16.5. The molecule has 0 fully saturated rings. The Kier molecular flexibility index (Phi) is 4.90. The van der Waals surface area contributed by atoms with Crippen LogP contribution < -0.4 is 20.7 Å². The van der Waals surface area contributed by atoms with Gasteiger partial charge in [0.1, 0.15) is 11.5 Å². The van der Waals surface area contributed by atoms with Crippen LogP contribution >= 0.6 is 0 Å². The molecule has 1 aromatic heterocycles. The van der Waals surface area contributed by atoms with Gasteiger partial charge in [0.25, 0.3) is 5.91 Å². The summed E-state index contributed by atoms with van der Waals surface area (Å²) in [6.07, 6.45) is 0. The van der Waals surface area contributed by atoms with Crippen LogP contribution in [0.3, 0.4) is 0 Å². The number of nitrogen functional groups attached to an aromatic ring is 1. The van der Waals surface area contributed by atoms with E-state index in [1.54, 1.807) is 25.0 Å². The molecule has 134 valence electrons. The number of methoxy groups -OCH3 is 2. The summed E-state index contributed by atoms with van der Waals surface area (Å²) in [6.45, 7) is 1.99. The Bertz CT molecular complexity index is 950. The molecule has 0 atom stereocenters. The number of aromatic nitrogens is 2. The summed E-state index contributed by atoms with van der Waals surface area (Å²) in [6, 6.07) is 14.9. The van der Waals surface area contributed by atoms with Crippen LogP contribution in [0.15, 0.2) is 48.5 Å². The molecule has 3 N–H and O–H groups in total. The van der Waals surface area contributed by atoms with Gasteiger partial charge in [0.05, 0.1) is 25.6 Å². The highest BCUT2D eigenvalue weighted by Crippen LogP contribution is 2.35. The summed E-state index contributed by atoms with van der Waals surface area (Å²) < 4.78 is 12.5. The first-order valence-electron chi connectivity index (χ1n) is 7.98. The average molecular weight is 352 g/mol. The van der Waals surface area contributed by atoms with Gasteiger partial charge in [-0.15, -0.1) is 0 Å². The number of nitrogens with zero attached hydrogens (tertiary/aromatic N) is 2. The van der Waals surface area contributed by atoms with E-state index in [0.717, 1.165) is 16.8 Å². The minimum absolute atomic E-state index is 0.203. The van der Waals surface area contributed by atoms with Gasteiger partial charge < -0.3 is 9.47 Å². The number of nitrogens with two attached hydrogens (primary N) is 1. The molecule has 0 radical (unpaired) electrons. The number of carbonyl (C=O) groups excluding carboxylic acids is 1. The molecule has 3 aromatic rings. The lowest BCUT2D eigenvalue weighted by Crippen LogP contribution is -2.30. The number of rotatable bonds is 5. The van der Waals surface area contributed by atoms with Crippen molar-refractivity contribution in [1.82, 2.24) is 15.2 Å². The van der Waals surface area contributed by atoms with Crippen LogP contribution in [0.25, 0.3) is 16.9 Å². The second-order valence-electron chi connectivity index (χ2n) is 5.71. The molecule has 3 rings (SSSR count). The monoisotopic (exact) mass is 352 g/mol. The van der Waals surface area contributed by atoms with Crippen molar-refractivity contribution >= 4 is 5.91 Å². The predicted molar refractivity (Wildman–Crippen MR) is 98.5 cm³/mol. The van der Waals surface area contributed by atoms with E-state index in [4.69, 9.17) is 15.3 Å². The van der Waals surface area contributed by atoms with Gasteiger partial charge in [0, 0.05) is 5.56 Å². The van der Waals surface area contributed by atoms with Crippen LogP contribution in [0.4, 0.5) is 0 Å². The van der Waals surface area contributed by atoms with Gasteiger partial charge in [0.2, 0.25) is 0 Å². The topological polar surface area (TPSA) is 91.4 Å². The molecular formula is C19H20N4O3. The number of hydrogen-bond donors (Lipinski definition) is 2. The van der Waals surface area contributed by atoms with Gasteiger partial charge in [0.15, 0.2) is 5.69 Å². The van der Waals surface area contributed by atoms with Crippen molar-refractivity contribution in [1.29, 1.82) is 0 Å². The Hall–Kier alpha value is -3.32. The van der Waals surface area contributed by atoms with Crippen molar-refractivity contribution in [3.8, 4) is 28.4 Å². The summed E-state index contributed by atoms with van der Waals surface area (Å²) in [5.41, 5.74) is 5.65. The third-order valence-corrected chi connectivity index (χ3v) is 4.00. The van der Waals surface area contributed by atoms with Crippen LogP contribution in [0, 0.1) is 6.92 Å². The van der Waals surface area contributed by atoms with E-state index in [0.29, 0.717) is 17.2 Å². The maximum absolute atomic E-state index is 12.0. The van der Waals surface area contributed by atoms with Crippen LogP contribution in [0.1, 0.15) is 16.1 Å². The Morgan fingerprint density at radius 1 is 1.12 bits per heavy atom. The first kappa shape index (κ1) is 17.5. The minimum Gasteiger partial charge on any atom is -0.497 e. The van der Waals surface area contributed by atoms with E-state index in [1.807, 2.05) is 49.4 Å². The Morgan fingerprint density at radius 3 is 2.58 bits per heavy atom. The zero-order valence-electron chi connectivity index (χ0n) is 14.8. The van der Waals surface area contributed by atoms with E-state index >= 15 is 0 Å². The van der Waals surface area contributed by atoms with Crippen molar-refractivity contribution < 1.29 is 14.3 Å². The summed E-state index contributed by atoms with van der Waals surface area (Å²) in [4.78, 5) is 12.0. The first-order chi connectivity index (χ1) is 12.6. The molecule has 7 nitrogen and oxygen atoms in total. The fourth-order valence-electron chi connectivity index (χ4n) is 2.73. The molecule has 0 aliphatic rings. The third-order valence-electron chi connectivity index (χ3n) is 4.00. The molecule has 2 aromatic carbocycles. The van der Waals surface area contributed by atoms with Crippen molar-refractivity contribution in [2.75, 3.05) is 14.2 Å². The number of hydrogen-bond acceptors (Lipinski definition) is 5. The molecule has 26 heavy (non-hydrogen) atoms. The molecule has 0 bridgehead atoms. The second kappa shape index (κ2) is 7.28. The van der Waals surface area contributed by atoms with E-state index in [1.165, 1.54) is 0 Å². The Morgan fingerprint density at radius 2 is 1.92 bits per heavy atom. The molecule has 1 amide bonds. The molecule has 1 heterocycles. The first-order valence-corrected chi connectivity index (χ1v) is 7.98. The maximum Gasteiger partial charge on any atom is 0.285 e. The number of hydrazine groups is 1. The number of benzene rings is 2. The number of aryl methyl sites for hydroxylation is 1. The van der Waals surface area contributed by atoms with Crippen LogP contribution in [0.5, 0.6) is 11.5 Å². The highest BCUT2D eigenvalue weighted by molar-refractivity contribution is 5.93. The summed E-state index contributed by atoms with van der Waals surface area (Å²) >= 11 is 0. The van der Waals surface area contributed by atoms with Gasteiger partial charge in [-0.3, -0.25) is 10.2 Å².